The van der Waals surface area contributed by atoms with Gasteiger partial charge in [0.05, 0.1) is 5.56 Å². The highest BCUT2D eigenvalue weighted by molar-refractivity contribution is 7.98. The molecule has 0 atom stereocenters. The van der Waals surface area contributed by atoms with Gasteiger partial charge in [-0.25, -0.2) is 5.48 Å². The van der Waals surface area contributed by atoms with Gasteiger partial charge in [0.2, 0.25) is 0 Å². The van der Waals surface area contributed by atoms with Crippen molar-refractivity contribution in [2.45, 2.75) is 10.6 Å². The summed E-state index contributed by atoms with van der Waals surface area (Å²) in [6.07, 6.45) is 0. The normalized spacial score (nSPS) is 10.1. The first-order chi connectivity index (χ1) is 8.81. The standard InChI is InChI=1S/C14H13NO2S/c16-14(15-17)12-8-4-5-9-13(12)18-10-11-6-2-1-3-7-11/h1-9,17H,10H2,(H,15,16). The third-order valence-corrected chi connectivity index (χ3v) is 3.62. The maximum atomic E-state index is 11.5. The van der Waals surface area contributed by atoms with Crippen LogP contribution in [-0.2, 0) is 5.75 Å². The van der Waals surface area contributed by atoms with Crippen LogP contribution in [-0.4, -0.2) is 11.1 Å². The van der Waals surface area contributed by atoms with E-state index in [9.17, 15) is 4.79 Å². The Hall–Kier alpha value is -1.78. The van der Waals surface area contributed by atoms with Crippen molar-refractivity contribution in [1.29, 1.82) is 0 Å². The molecule has 2 rings (SSSR count). The first-order valence-electron chi connectivity index (χ1n) is 5.51. The van der Waals surface area contributed by atoms with E-state index < -0.39 is 5.91 Å². The Morgan fingerprint density at radius 2 is 1.72 bits per heavy atom. The maximum absolute atomic E-state index is 11.5. The summed E-state index contributed by atoms with van der Waals surface area (Å²) in [6.45, 7) is 0. The van der Waals surface area contributed by atoms with Crippen LogP contribution in [0, 0.1) is 0 Å². The Morgan fingerprint density at radius 1 is 1.06 bits per heavy atom. The minimum Gasteiger partial charge on any atom is -0.288 e. The van der Waals surface area contributed by atoms with E-state index in [1.54, 1.807) is 29.4 Å². The fourth-order valence-electron chi connectivity index (χ4n) is 1.58. The fourth-order valence-corrected chi connectivity index (χ4v) is 2.58. The summed E-state index contributed by atoms with van der Waals surface area (Å²) in [4.78, 5) is 12.3. The van der Waals surface area contributed by atoms with Crippen molar-refractivity contribution in [3.63, 3.8) is 0 Å². The fraction of sp³-hybridized carbons (Fsp3) is 0.0714. The van der Waals surface area contributed by atoms with Crippen LogP contribution in [0.15, 0.2) is 59.5 Å². The van der Waals surface area contributed by atoms with E-state index in [0.29, 0.717) is 5.56 Å². The Balaban J connectivity index is 2.12. The Labute approximate surface area is 110 Å². The molecule has 0 fully saturated rings. The van der Waals surface area contributed by atoms with E-state index in [2.05, 4.69) is 0 Å². The quantitative estimate of drug-likeness (QED) is 0.504. The number of hydrogen-bond donors (Lipinski definition) is 2. The second-order valence-electron chi connectivity index (χ2n) is 3.71. The molecule has 0 bridgehead atoms. The summed E-state index contributed by atoms with van der Waals surface area (Å²) < 4.78 is 0. The predicted octanol–water partition coefficient (Wildman–Crippen LogP) is 3.10. The molecule has 0 aliphatic carbocycles. The lowest BCUT2D eigenvalue weighted by molar-refractivity contribution is 0.0703. The summed E-state index contributed by atoms with van der Waals surface area (Å²) in [5, 5.41) is 8.69. The van der Waals surface area contributed by atoms with Crippen LogP contribution < -0.4 is 5.48 Å². The third-order valence-electron chi connectivity index (χ3n) is 2.47. The lowest BCUT2D eigenvalue weighted by Crippen LogP contribution is -2.19. The van der Waals surface area contributed by atoms with Crippen molar-refractivity contribution in [2.24, 2.45) is 0 Å². The largest absolute Gasteiger partial charge is 0.288 e. The molecule has 3 nitrogen and oxygen atoms in total. The molecule has 0 aliphatic heterocycles. The van der Waals surface area contributed by atoms with Crippen molar-refractivity contribution >= 4 is 17.7 Å². The van der Waals surface area contributed by atoms with Gasteiger partial charge in [0.1, 0.15) is 0 Å². The average Bonchev–Trinajstić information content (AvgIpc) is 2.45. The molecule has 0 aromatic heterocycles. The zero-order valence-corrected chi connectivity index (χ0v) is 10.5. The molecule has 18 heavy (non-hydrogen) atoms. The molecule has 2 aromatic rings. The Bertz CT molecular complexity index is 528. The Morgan fingerprint density at radius 3 is 2.44 bits per heavy atom. The van der Waals surface area contributed by atoms with E-state index in [-0.39, 0.29) is 0 Å². The van der Waals surface area contributed by atoms with E-state index >= 15 is 0 Å². The topological polar surface area (TPSA) is 49.3 Å². The molecule has 0 unspecified atom stereocenters. The minimum absolute atomic E-state index is 0.480. The highest BCUT2D eigenvalue weighted by Gasteiger charge is 2.09. The molecular weight excluding hydrogens is 246 g/mol. The van der Waals surface area contributed by atoms with Crippen LogP contribution in [0.4, 0.5) is 0 Å². The summed E-state index contributed by atoms with van der Waals surface area (Å²) in [5.41, 5.74) is 3.35. The van der Waals surface area contributed by atoms with Crippen molar-refractivity contribution in [3.05, 3.63) is 65.7 Å². The summed E-state index contributed by atoms with van der Waals surface area (Å²) in [5.74, 6) is 0.308. The van der Waals surface area contributed by atoms with Gasteiger partial charge in [0.25, 0.3) is 5.91 Å². The second kappa shape index (κ2) is 6.23. The minimum atomic E-state index is -0.480. The number of thioether (sulfide) groups is 1. The molecule has 0 aliphatic rings. The monoisotopic (exact) mass is 259 g/mol. The highest BCUT2D eigenvalue weighted by atomic mass is 32.2. The molecule has 0 saturated heterocycles. The van der Waals surface area contributed by atoms with Gasteiger partial charge < -0.3 is 0 Å². The van der Waals surface area contributed by atoms with Crippen LogP contribution in [0.1, 0.15) is 15.9 Å². The van der Waals surface area contributed by atoms with Gasteiger partial charge in [-0.1, -0.05) is 42.5 Å². The highest BCUT2D eigenvalue weighted by Crippen LogP contribution is 2.26. The maximum Gasteiger partial charge on any atom is 0.275 e. The first-order valence-corrected chi connectivity index (χ1v) is 6.50. The molecule has 4 heteroatoms. The number of benzene rings is 2. The van der Waals surface area contributed by atoms with Gasteiger partial charge >= 0.3 is 0 Å². The molecule has 92 valence electrons. The predicted molar refractivity (Wildman–Crippen MR) is 71.7 cm³/mol. The summed E-state index contributed by atoms with van der Waals surface area (Å²) in [7, 11) is 0. The molecule has 2 aromatic carbocycles. The smallest absolute Gasteiger partial charge is 0.275 e. The van der Waals surface area contributed by atoms with Gasteiger partial charge in [-0.3, -0.25) is 10.0 Å². The van der Waals surface area contributed by atoms with Crippen LogP contribution in [0.3, 0.4) is 0 Å². The zero-order chi connectivity index (χ0) is 12.8. The van der Waals surface area contributed by atoms with Crippen LogP contribution >= 0.6 is 11.8 Å². The number of rotatable bonds is 4. The zero-order valence-electron chi connectivity index (χ0n) is 9.67. The molecule has 0 heterocycles. The van der Waals surface area contributed by atoms with Crippen molar-refractivity contribution in [2.75, 3.05) is 0 Å². The van der Waals surface area contributed by atoms with E-state index in [1.807, 2.05) is 42.5 Å². The van der Waals surface area contributed by atoms with Crippen molar-refractivity contribution in [1.82, 2.24) is 5.48 Å². The third kappa shape index (κ3) is 3.12. The summed E-state index contributed by atoms with van der Waals surface area (Å²) in [6, 6.07) is 17.3. The van der Waals surface area contributed by atoms with Crippen LogP contribution in [0.2, 0.25) is 0 Å². The van der Waals surface area contributed by atoms with E-state index in [0.717, 1.165) is 10.6 Å². The second-order valence-corrected chi connectivity index (χ2v) is 4.73. The van der Waals surface area contributed by atoms with E-state index in [4.69, 9.17) is 5.21 Å². The molecule has 1 amide bonds. The van der Waals surface area contributed by atoms with Gasteiger partial charge in [0, 0.05) is 10.6 Å². The van der Waals surface area contributed by atoms with Crippen LogP contribution in [0.5, 0.6) is 0 Å². The van der Waals surface area contributed by atoms with Gasteiger partial charge in [-0.15, -0.1) is 11.8 Å². The number of carbonyl (C=O) groups excluding carboxylic acids is 1. The number of hydroxylamine groups is 1. The van der Waals surface area contributed by atoms with Gasteiger partial charge in [-0.2, -0.15) is 0 Å². The van der Waals surface area contributed by atoms with Gasteiger partial charge in [0.15, 0.2) is 0 Å². The van der Waals surface area contributed by atoms with Gasteiger partial charge in [-0.05, 0) is 17.7 Å². The molecule has 0 spiro atoms. The summed E-state index contributed by atoms with van der Waals surface area (Å²) >= 11 is 1.57. The lowest BCUT2D eigenvalue weighted by atomic mass is 10.2. The molecular formula is C14H13NO2S. The number of amides is 1. The van der Waals surface area contributed by atoms with Crippen molar-refractivity contribution < 1.29 is 10.0 Å². The van der Waals surface area contributed by atoms with Crippen molar-refractivity contribution in [3.8, 4) is 0 Å². The molecule has 0 radical (unpaired) electrons. The molecule has 0 saturated carbocycles. The SMILES string of the molecule is O=C(NO)c1ccccc1SCc1ccccc1. The number of hydrogen-bond acceptors (Lipinski definition) is 3. The van der Waals surface area contributed by atoms with Crippen LogP contribution in [0.25, 0.3) is 0 Å². The first kappa shape index (κ1) is 12.7. The molecule has 2 N–H and O–H groups in total. The number of nitrogens with one attached hydrogen (secondary N) is 1. The lowest BCUT2D eigenvalue weighted by Gasteiger charge is -2.07. The number of carbonyl (C=O) groups is 1. The van der Waals surface area contributed by atoms with E-state index in [1.165, 1.54) is 5.56 Å². The Kier molecular flexibility index (Phi) is 4.39. The average molecular weight is 259 g/mol.